The van der Waals surface area contributed by atoms with E-state index in [1.54, 1.807) is 6.07 Å². The Balaban J connectivity index is 2.39. The molecule has 1 atom stereocenters. The zero-order valence-electron chi connectivity index (χ0n) is 9.41. The zero-order chi connectivity index (χ0) is 13.3. The third kappa shape index (κ3) is 2.19. The van der Waals surface area contributed by atoms with Crippen LogP contribution in [0.15, 0.2) is 18.3 Å². The van der Waals surface area contributed by atoms with Crippen LogP contribution in [-0.2, 0) is 4.79 Å². The molecule has 0 aliphatic carbocycles. The lowest BCUT2D eigenvalue weighted by Gasteiger charge is -2.13. The van der Waals surface area contributed by atoms with Gasteiger partial charge in [0, 0.05) is 29.6 Å². The molecule has 96 valence electrons. The number of rotatable bonds is 4. The van der Waals surface area contributed by atoms with Crippen molar-refractivity contribution >= 4 is 16.9 Å². The molecular formula is C12H12F2N2O2. The minimum absolute atomic E-state index is 0.0185. The van der Waals surface area contributed by atoms with Crippen LogP contribution in [0.25, 0.3) is 10.9 Å². The summed E-state index contributed by atoms with van der Waals surface area (Å²) in [4.78, 5) is 13.1. The van der Waals surface area contributed by atoms with Gasteiger partial charge in [-0.25, -0.2) is 8.78 Å². The van der Waals surface area contributed by atoms with E-state index >= 15 is 0 Å². The average Bonchev–Trinajstić information content (AvgIpc) is 2.74. The van der Waals surface area contributed by atoms with Crippen molar-refractivity contribution in [3.63, 3.8) is 0 Å². The maximum atomic E-state index is 14.0. The minimum Gasteiger partial charge on any atom is -0.481 e. The van der Waals surface area contributed by atoms with Crippen LogP contribution < -0.4 is 5.73 Å². The van der Waals surface area contributed by atoms with E-state index in [1.165, 1.54) is 12.3 Å². The van der Waals surface area contributed by atoms with Crippen molar-refractivity contribution in [2.24, 2.45) is 5.73 Å². The Labute approximate surface area is 101 Å². The normalized spacial score (nSPS) is 12.8. The van der Waals surface area contributed by atoms with Gasteiger partial charge in [0.2, 0.25) is 0 Å². The van der Waals surface area contributed by atoms with Gasteiger partial charge in [-0.15, -0.1) is 0 Å². The molecule has 0 fully saturated rings. The molecule has 0 aliphatic rings. The van der Waals surface area contributed by atoms with Crippen molar-refractivity contribution in [1.29, 1.82) is 0 Å². The summed E-state index contributed by atoms with van der Waals surface area (Å²) in [6, 6.07) is 1.76. The molecule has 2 rings (SSSR count). The van der Waals surface area contributed by atoms with Gasteiger partial charge in [0.1, 0.15) is 5.82 Å². The van der Waals surface area contributed by atoms with Gasteiger partial charge in [-0.3, -0.25) is 4.79 Å². The standard InChI is InChI=1S/C12H12F2N2O2/c13-7-5-6-3-4-16-12(6)11(14)10(7)8(15)1-2-9(17)18/h3-5,8,16H,1-2,15H2,(H,17,18). The summed E-state index contributed by atoms with van der Waals surface area (Å²) in [5, 5.41) is 8.95. The number of hydrogen-bond donors (Lipinski definition) is 3. The maximum absolute atomic E-state index is 14.0. The molecule has 1 aromatic carbocycles. The van der Waals surface area contributed by atoms with Crippen molar-refractivity contribution in [2.45, 2.75) is 18.9 Å². The highest BCUT2D eigenvalue weighted by atomic mass is 19.1. The van der Waals surface area contributed by atoms with E-state index in [2.05, 4.69) is 4.98 Å². The van der Waals surface area contributed by atoms with Crippen molar-refractivity contribution < 1.29 is 18.7 Å². The first kappa shape index (κ1) is 12.5. The van der Waals surface area contributed by atoms with Crippen molar-refractivity contribution in [3.05, 3.63) is 35.5 Å². The number of nitrogens with two attached hydrogens (primary N) is 1. The summed E-state index contributed by atoms with van der Waals surface area (Å²) in [5.41, 5.74) is 5.55. The summed E-state index contributed by atoms with van der Waals surface area (Å²) in [6.45, 7) is 0. The second-order valence-electron chi connectivity index (χ2n) is 4.07. The lowest BCUT2D eigenvalue weighted by Crippen LogP contribution is -2.16. The van der Waals surface area contributed by atoms with E-state index in [4.69, 9.17) is 10.8 Å². The van der Waals surface area contributed by atoms with Gasteiger partial charge >= 0.3 is 5.97 Å². The molecule has 1 unspecified atom stereocenters. The van der Waals surface area contributed by atoms with E-state index < -0.39 is 23.6 Å². The Hall–Kier alpha value is -1.95. The first-order chi connectivity index (χ1) is 8.50. The highest BCUT2D eigenvalue weighted by molar-refractivity contribution is 5.81. The summed E-state index contributed by atoms with van der Waals surface area (Å²) >= 11 is 0. The fourth-order valence-electron chi connectivity index (χ4n) is 1.91. The van der Waals surface area contributed by atoms with Gasteiger partial charge in [0.15, 0.2) is 5.82 Å². The predicted octanol–water partition coefficient (Wildman–Crippen LogP) is 2.31. The van der Waals surface area contributed by atoms with Crippen LogP contribution >= 0.6 is 0 Å². The van der Waals surface area contributed by atoms with E-state index in [0.29, 0.717) is 5.39 Å². The third-order valence-electron chi connectivity index (χ3n) is 2.81. The monoisotopic (exact) mass is 254 g/mol. The Morgan fingerprint density at radius 3 is 2.89 bits per heavy atom. The SMILES string of the molecule is NC(CCC(=O)O)c1c(F)cc2cc[nH]c2c1F. The predicted molar refractivity (Wildman–Crippen MR) is 62.0 cm³/mol. The van der Waals surface area contributed by atoms with Crippen molar-refractivity contribution in [3.8, 4) is 0 Å². The van der Waals surface area contributed by atoms with Gasteiger partial charge in [0.25, 0.3) is 0 Å². The molecule has 0 saturated carbocycles. The number of halogens is 2. The van der Waals surface area contributed by atoms with Gasteiger partial charge in [-0.1, -0.05) is 0 Å². The highest BCUT2D eigenvalue weighted by Crippen LogP contribution is 2.28. The van der Waals surface area contributed by atoms with Crippen LogP contribution in [0.4, 0.5) is 8.78 Å². The summed E-state index contributed by atoms with van der Waals surface area (Å²) in [6.07, 6.45) is 1.25. The number of hydrogen-bond acceptors (Lipinski definition) is 2. The van der Waals surface area contributed by atoms with Crippen LogP contribution in [-0.4, -0.2) is 16.1 Å². The molecule has 0 aliphatic heterocycles. The third-order valence-corrected chi connectivity index (χ3v) is 2.81. The lowest BCUT2D eigenvalue weighted by atomic mass is 10.00. The van der Waals surface area contributed by atoms with Crippen LogP contribution in [0.5, 0.6) is 0 Å². The number of fused-ring (bicyclic) bond motifs is 1. The summed E-state index contributed by atoms with van der Waals surface area (Å²) in [5.74, 6) is -2.56. The fourth-order valence-corrected chi connectivity index (χ4v) is 1.91. The molecule has 4 nitrogen and oxygen atoms in total. The Bertz CT molecular complexity index is 595. The molecule has 0 amide bonds. The van der Waals surface area contributed by atoms with E-state index in [-0.39, 0.29) is 23.9 Å². The second kappa shape index (κ2) is 4.73. The highest BCUT2D eigenvalue weighted by Gasteiger charge is 2.20. The number of aliphatic carboxylic acids is 1. The molecule has 4 N–H and O–H groups in total. The first-order valence-corrected chi connectivity index (χ1v) is 5.43. The van der Waals surface area contributed by atoms with Gasteiger partial charge < -0.3 is 15.8 Å². The van der Waals surface area contributed by atoms with Crippen LogP contribution in [0, 0.1) is 11.6 Å². The summed E-state index contributed by atoms with van der Waals surface area (Å²) in [7, 11) is 0. The quantitative estimate of drug-likeness (QED) is 0.783. The van der Waals surface area contributed by atoms with Gasteiger partial charge in [0.05, 0.1) is 5.52 Å². The largest absolute Gasteiger partial charge is 0.481 e. The summed E-state index contributed by atoms with van der Waals surface area (Å²) < 4.78 is 27.8. The second-order valence-corrected chi connectivity index (χ2v) is 4.07. The molecule has 6 heteroatoms. The number of carbonyl (C=O) groups is 1. The molecule has 0 spiro atoms. The molecule has 2 aromatic rings. The van der Waals surface area contributed by atoms with Crippen molar-refractivity contribution in [1.82, 2.24) is 4.98 Å². The Kier molecular flexibility index (Phi) is 3.29. The Morgan fingerprint density at radius 2 is 2.22 bits per heavy atom. The topological polar surface area (TPSA) is 79.1 Å². The lowest BCUT2D eigenvalue weighted by molar-refractivity contribution is -0.137. The fraction of sp³-hybridized carbons (Fsp3) is 0.250. The number of benzene rings is 1. The molecule has 18 heavy (non-hydrogen) atoms. The van der Waals surface area contributed by atoms with Crippen LogP contribution in [0.3, 0.4) is 0 Å². The number of H-pyrrole nitrogens is 1. The number of aromatic amines is 1. The van der Waals surface area contributed by atoms with Crippen LogP contribution in [0.2, 0.25) is 0 Å². The van der Waals surface area contributed by atoms with E-state index in [0.717, 1.165) is 0 Å². The van der Waals surface area contributed by atoms with Gasteiger partial charge in [-0.2, -0.15) is 0 Å². The van der Waals surface area contributed by atoms with E-state index in [1.807, 2.05) is 0 Å². The number of nitrogens with one attached hydrogen (secondary N) is 1. The number of carboxylic acids is 1. The van der Waals surface area contributed by atoms with Crippen molar-refractivity contribution in [2.75, 3.05) is 0 Å². The zero-order valence-corrected chi connectivity index (χ0v) is 9.41. The molecule has 0 bridgehead atoms. The molecule has 0 radical (unpaired) electrons. The number of carboxylic acid groups (broad SMARTS) is 1. The molecular weight excluding hydrogens is 242 g/mol. The molecule has 1 heterocycles. The minimum atomic E-state index is -1.05. The molecule has 0 saturated heterocycles. The smallest absolute Gasteiger partial charge is 0.303 e. The Morgan fingerprint density at radius 1 is 1.50 bits per heavy atom. The van der Waals surface area contributed by atoms with Gasteiger partial charge in [-0.05, 0) is 18.6 Å². The number of aromatic nitrogens is 1. The van der Waals surface area contributed by atoms with E-state index in [9.17, 15) is 13.6 Å². The maximum Gasteiger partial charge on any atom is 0.303 e. The average molecular weight is 254 g/mol. The van der Waals surface area contributed by atoms with Crippen LogP contribution in [0.1, 0.15) is 24.4 Å². The first-order valence-electron chi connectivity index (χ1n) is 5.43. The molecule has 1 aromatic heterocycles.